The van der Waals surface area contributed by atoms with Crippen LogP contribution in [0.15, 0.2) is 12.2 Å². The maximum absolute atomic E-state index is 11.6. The van der Waals surface area contributed by atoms with Crippen LogP contribution in [0.5, 0.6) is 0 Å². The fourth-order valence-corrected chi connectivity index (χ4v) is 2.12. The standard InChI is InChI=1S/C13H21NO3/c1-17-13(16)8-5-9-14-12(15)10-11-6-3-2-4-7-11/h5,8,11H,2-4,6-7,9-10H2,1H3,(H,14,15)/b8-5+. The van der Waals surface area contributed by atoms with Crippen molar-refractivity contribution in [1.29, 1.82) is 0 Å². The van der Waals surface area contributed by atoms with Crippen LogP contribution < -0.4 is 5.32 Å². The van der Waals surface area contributed by atoms with Gasteiger partial charge < -0.3 is 10.1 Å². The van der Waals surface area contributed by atoms with Crippen molar-refractivity contribution in [3.63, 3.8) is 0 Å². The molecule has 0 saturated heterocycles. The molecule has 0 radical (unpaired) electrons. The number of hydrogen-bond acceptors (Lipinski definition) is 3. The summed E-state index contributed by atoms with van der Waals surface area (Å²) in [5.74, 6) is 0.228. The van der Waals surface area contributed by atoms with Gasteiger partial charge in [-0.25, -0.2) is 4.79 Å². The van der Waals surface area contributed by atoms with Crippen LogP contribution in [0.25, 0.3) is 0 Å². The van der Waals surface area contributed by atoms with Gasteiger partial charge in [-0.1, -0.05) is 25.3 Å². The van der Waals surface area contributed by atoms with Crippen LogP contribution in [0.1, 0.15) is 38.5 Å². The van der Waals surface area contributed by atoms with Gasteiger partial charge in [0.05, 0.1) is 7.11 Å². The number of carbonyl (C=O) groups excluding carboxylic acids is 2. The molecule has 17 heavy (non-hydrogen) atoms. The van der Waals surface area contributed by atoms with E-state index in [1.54, 1.807) is 6.08 Å². The number of nitrogens with one attached hydrogen (secondary N) is 1. The number of ether oxygens (including phenoxy) is 1. The first-order valence-corrected chi connectivity index (χ1v) is 6.23. The van der Waals surface area contributed by atoms with Gasteiger partial charge in [0.2, 0.25) is 5.91 Å². The molecule has 1 amide bonds. The second kappa shape index (κ2) is 7.87. The highest BCUT2D eigenvalue weighted by atomic mass is 16.5. The number of esters is 1. The maximum atomic E-state index is 11.6. The normalized spacial score (nSPS) is 17.0. The van der Waals surface area contributed by atoms with Crippen LogP contribution in [0, 0.1) is 5.92 Å². The molecule has 96 valence electrons. The third-order valence-electron chi connectivity index (χ3n) is 3.07. The smallest absolute Gasteiger partial charge is 0.330 e. The van der Waals surface area contributed by atoms with E-state index in [4.69, 9.17) is 0 Å². The van der Waals surface area contributed by atoms with Crippen LogP contribution in [-0.4, -0.2) is 25.5 Å². The predicted molar refractivity (Wildman–Crippen MR) is 65.4 cm³/mol. The number of carbonyl (C=O) groups is 2. The molecule has 1 aliphatic rings. The lowest BCUT2D eigenvalue weighted by Gasteiger charge is -2.20. The van der Waals surface area contributed by atoms with Crippen LogP contribution in [0.4, 0.5) is 0 Å². The van der Waals surface area contributed by atoms with Crippen molar-refractivity contribution >= 4 is 11.9 Å². The fraction of sp³-hybridized carbons (Fsp3) is 0.692. The lowest BCUT2D eigenvalue weighted by atomic mass is 9.87. The first-order valence-electron chi connectivity index (χ1n) is 6.23. The molecule has 0 bridgehead atoms. The Labute approximate surface area is 102 Å². The minimum Gasteiger partial charge on any atom is -0.466 e. The quantitative estimate of drug-likeness (QED) is 0.588. The highest BCUT2D eigenvalue weighted by Crippen LogP contribution is 2.25. The van der Waals surface area contributed by atoms with E-state index < -0.39 is 5.97 Å². The number of hydrogen-bond donors (Lipinski definition) is 1. The number of methoxy groups -OCH3 is 1. The molecule has 1 saturated carbocycles. The summed E-state index contributed by atoms with van der Waals surface area (Å²) >= 11 is 0. The Kier molecular flexibility index (Phi) is 6.37. The van der Waals surface area contributed by atoms with E-state index in [0.29, 0.717) is 18.9 Å². The average Bonchev–Trinajstić information content (AvgIpc) is 2.35. The topological polar surface area (TPSA) is 55.4 Å². The number of rotatable bonds is 5. The Morgan fingerprint density at radius 3 is 2.65 bits per heavy atom. The van der Waals surface area contributed by atoms with E-state index in [9.17, 15) is 9.59 Å². The lowest BCUT2D eigenvalue weighted by molar-refractivity contribution is -0.134. The van der Waals surface area contributed by atoms with Crippen LogP contribution in [0.2, 0.25) is 0 Å². The van der Waals surface area contributed by atoms with Gasteiger partial charge in [0, 0.05) is 19.0 Å². The van der Waals surface area contributed by atoms with Gasteiger partial charge in [0.25, 0.3) is 0 Å². The highest BCUT2D eigenvalue weighted by molar-refractivity contribution is 5.82. The Balaban J connectivity index is 2.12. The summed E-state index contributed by atoms with van der Waals surface area (Å²) in [6.45, 7) is 0.390. The largest absolute Gasteiger partial charge is 0.466 e. The molecule has 1 rings (SSSR count). The summed E-state index contributed by atoms with van der Waals surface area (Å²) in [5, 5.41) is 2.78. The maximum Gasteiger partial charge on any atom is 0.330 e. The van der Waals surface area contributed by atoms with Crippen molar-refractivity contribution in [2.75, 3.05) is 13.7 Å². The van der Waals surface area contributed by atoms with E-state index in [1.165, 1.54) is 45.3 Å². The minimum absolute atomic E-state index is 0.0754. The molecule has 0 unspecified atom stereocenters. The van der Waals surface area contributed by atoms with Crippen molar-refractivity contribution in [2.45, 2.75) is 38.5 Å². The Hall–Kier alpha value is -1.32. The molecular formula is C13H21NO3. The molecule has 0 aromatic heterocycles. The lowest BCUT2D eigenvalue weighted by Crippen LogP contribution is -2.26. The molecule has 0 aromatic rings. The third kappa shape index (κ3) is 6.09. The highest BCUT2D eigenvalue weighted by Gasteiger charge is 2.16. The first-order chi connectivity index (χ1) is 8.22. The molecule has 0 heterocycles. The Bertz CT molecular complexity index is 280. The zero-order chi connectivity index (χ0) is 12.5. The monoisotopic (exact) mass is 239 g/mol. The second-order valence-corrected chi connectivity index (χ2v) is 4.44. The van der Waals surface area contributed by atoms with Gasteiger partial charge in [0.15, 0.2) is 0 Å². The SMILES string of the molecule is COC(=O)/C=C/CNC(=O)CC1CCCCC1. The molecule has 1 N–H and O–H groups in total. The van der Waals surface area contributed by atoms with E-state index >= 15 is 0 Å². The molecular weight excluding hydrogens is 218 g/mol. The Morgan fingerprint density at radius 2 is 2.00 bits per heavy atom. The zero-order valence-electron chi connectivity index (χ0n) is 10.4. The van der Waals surface area contributed by atoms with Gasteiger partial charge in [-0.3, -0.25) is 4.79 Å². The molecule has 0 aromatic carbocycles. The summed E-state index contributed by atoms with van der Waals surface area (Å²) in [6, 6.07) is 0. The summed E-state index contributed by atoms with van der Waals surface area (Å²) < 4.78 is 4.44. The van der Waals surface area contributed by atoms with Gasteiger partial charge >= 0.3 is 5.97 Å². The third-order valence-corrected chi connectivity index (χ3v) is 3.07. The summed E-state index contributed by atoms with van der Waals surface area (Å²) in [6.07, 6.45) is 9.69. The van der Waals surface area contributed by atoms with Gasteiger partial charge in [0.1, 0.15) is 0 Å². The van der Waals surface area contributed by atoms with Crippen molar-refractivity contribution in [1.82, 2.24) is 5.32 Å². The van der Waals surface area contributed by atoms with Crippen LogP contribution in [-0.2, 0) is 14.3 Å². The average molecular weight is 239 g/mol. The van der Waals surface area contributed by atoms with Crippen molar-refractivity contribution in [3.05, 3.63) is 12.2 Å². The molecule has 4 heteroatoms. The second-order valence-electron chi connectivity index (χ2n) is 4.44. The molecule has 0 aliphatic heterocycles. The zero-order valence-corrected chi connectivity index (χ0v) is 10.4. The van der Waals surface area contributed by atoms with Gasteiger partial charge in [-0.2, -0.15) is 0 Å². The van der Waals surface area contributed by atoms with Crippen molar-refractivity contribution in [3.8, 4) is 0 Å². The fourth-order valence-electron chi connectivity index (χ4n) is 2.12. The Morgan fingerprint density at radius 1 is 1.29 bits per heavy atom. The summed E-state index contributed by atoms with van der Waals surface area (Å²) in [4.78, 5) is 22.3. The van der Waals surface area contributed by atoms with Gasteiger partial charge in [-0.15, -0.1) is 0 Å². The molecule has 1 aliphatic carbocycles. The van der Waals surface area contributed by atoms with E-state index in [2.05, 4.69) is 10.1 Å². The minimum atomic E-state index is -0.397. The van der Waals surface area contributed by atoms with Crippen LogP contribution >= 0.6 is 0 Å². The van der Waals surface area contributed by atoms with Crippen molar-refractivity contribution < 1.29 is 14.3 Å². The summed E-state index contributed by atoms with van der Waals surface area (Å²) in [7, 11) is 1.33. The van der Waals surface area contributed by atoms with Crippen LogP contribution in [0.3, 0.4) is 0 Å². The van der Waals surface area contributed by atoms with E-state index in [1.807, 2.05) is 0 Å². The first kappa shape index (κ1) is 13.7. The van der Waals surface area contributed by atoms with Crippen molar-refractivity contribution in [2.24, 2.45) is 5.92 Å². The molecule has 4 nitrogen and oxygen atoms in total. The van der Waals surface area contributed by atoms with Gasteiger partial charge in [-0.05, 0) is 18.8 Å². The predicted octanol–water partition coefficient (Wildman–Crippen LogP) is 1.80. The van der Waals surface area contributed by atoms with E-state index in [0.717, 1.165) is 0 Å². The van der Waals surface area contributed by atoms with E-state index in [-0.39, 0.29) is 5.91 Å². The molecule has 0 atom stereocenters. The molecule has 0 spiro atoms. The molecule has 1 fully saturated rings. The summed E-state index contributed by atoms with van der Waals surface area (Å²) in [5.41, 5.74) is 0. The number of amides is 1.